The smallest absolute Gasteiger partial charge is 0.250 e. The van der Waals surface area contributed by atoms with Crippen LogP contribution in [-0.2, 0) is 0 Å². The number of H-pyrrole nitrogens is 1. The molecule has 0 aliphatic heterocycles. The molecule has 2 aromatic rings. The lowest BCUT2D eigenvalue weighted by molar-refractivity contribution is 0.100. The van der Waals surface area contributed by atoms with Crippen molar-refractivity contribution in [1.82, 2.24) is 4.98 Å². The quantitative estimate of drug-likeness (QED) is 0.833. The van der Waals surface area contributed by atoms with Crippen molar-refractivity contribution in [3.8, 4) is 0 Å². The molecule has 1 aliphatic rings. The molecule has 0 atom stereocenters. The number of carbonyl (C=O) groups excluding carboxylic acids is 1. The van der Waals surface area contributed by atoms with E-state index in [2.05, 4.69) is 17.1 Å². The number of amides is 1. The first-order valence-corrected chi connectivity index (χ1v) is 6.67. The number of nitrogens with two attached hydrogens (primary N) is 1. The predicted molar refractivity (Wildman–Crippen MR) is 72.6 cm³/mol. The van der Waals surface area contributed by atoms with Gasteiger partial charge in [-0.3, -0.25) is 4.79 Å². The summed E-state index contributed by atoms with van der Waals surface area (Å²) in [6.07, 6.45) is 8.39. The van der Waals surface area contributed by atoms with Crippen LogP contribution < -0.4 is 5.73 Å². The Hall–Kier alpha value is -1.77. The lowest BCUT2D eigenvalue weighted by Gasteiger charge is -2.23. The molecule has 3 rings (SSSR count). The second-order valence-electron chi connectivity index (χ2n) is 5.17. The summed E-state index contributed by atoms with van der Waals surface area (Å²) in [5.41, 5.74) is 8.27. The molecule has 0 unspecified atom stereocenters. The van der Waals surface area contributed by atoms with Crippen LogP contribution in [-0.4, -0.2) is 10.9 Å². The Labute approximate surface area is 106 Å². The predicted octanol–water partition coefficient (Wildman–Crippen LogP) is 3.31. The molecular weight excluding hydrogens is 224 g/mol. The topological polar surface area (TPSA) is 58.9 Å². The van der Waals surface area contributed by atoms with E-state index in [9.17, 15) is 4.79 Å². The summed E-state index contributed by atoms with van der Waals surface area (Å²) < 4.78 is 0. The first kappa shape index (κ1) is 11.3. The van der Waals surface area contributed by atoms with Gasteiger partial charge in [0, 0.05) is 11.6 Å². The number of primary amides is 1. The number of benzene rings is 1. The van der Waals surface area contributed by atoms with Crippen molar-refractivity contribution >= 4 is 16.8 Å². The van der Waals surface area contributed by atoms with Gasteiger partial charge in [0.05, 0.1) is 11.1 Å². The van der Waals surface area contributed by atoms with Gasteiger partial charge in [-0.2, -0.15) is 0 Å². The van der Waals surface area contributed by atoms with Crippen molar-refractivity contribution in [2.45, 2.75) is 38.0 Å². The highest BCUT2D eigenvalue weighted by Crippen LogP contribution is 2.36. The van der Waals surface area contributed by atoms with Gasteiger partial charge in [-0.1, -0.05) is 25.3 Å². The van der Waals surface area contributed by atoms with E-state index in [0.29, 0.717) is 11.5 Å². The number of rotatable bonds is 2. The fraction of sp³-hybridized carbons (Fsp3) is 0.400. The summed E-state index contributed by atoms with van der Waals surface area (Å²) >= 11 is 0. The molecule has 1 amide bonds. The minimum Gasteiger partial charge on any atom is -0.366 e. The minimum absolute atomic E-state index is 0.363. The molecule has 18 heavy (non-hydrogen) atoms. The first-order valence-electron chi connectivity index (χ1n) is 6.67. The van der Waals surface area contributed by atoms with Gasteiger partial charge >= 0.3 is 0 Å². The summed E-state index contributed by atoms with van der Waals surface area (Å²) in [6.45, 7) is 0. The lowest BCUT2D eigenvalue weighted by atomic mass is 9.82. The molecule has 0 radical (unpaired) electrons. The molecular formula is C15H18N2O. The van der Waals surface area contributed by atoms with E-state index in [1.54, 1.807) is 0 Å². The van der Waals surface area contributed by atoms with Gasteiger partial charge in [-0.05, 0) is 36.5 Å². The Bertz CT molecular complexity index is 579. The average Bonchev–Trinajstić information content (AvgIpc) is 2.87. The van der Waals surface area contributed by atoms with Gasteiger partial charge < -0.3 is 10.7 Å². The van der Waals surface area contributed by atoms with Crippen LogP contribution in [0.1, 0.15) is 53.9 Å². The van der Waals surface area contributed by atoms with Crippen LogP contribution in [0, 0.1) is 0 Å². The van der Waals surface area contributed by atoms with Gasteiger partial charge in [0.25, 0.3) is 5.91 Å². The van der Waals surface area contributed by atoms with Gasteiger partial charge in [-0.25, -0.2) is 0 Å². The van der Waals surface area contributed by atoms with Crippen LogP contribution in [0.25, 0.3) is 10.9 Å². The summed E-state index contributed by atoms with van der Waals surface area (Å²) in [5, 5.41) is 1.16. The van der Waals surface area contributed by atoms with Crippen LogP contribution in [0.4, 0.5) is 0 Å². The Kier molecular flexibility index (Phi) is 2.82. The molecule has 1 saturated carbocycles. The second-order valence-corrected chi connectivity index (χ2v) is 5.17. The normalized spacial score (nSPS) is 17.1. The van der Waals surface area contributed by atoms with Gasteiger partial charge in [0.1, 0.15) is 0 Å². The molecule has 1 aromatic heterocycles. The highest BCUT2D eigenvalue weighted by molar-refractivity contribution is 6.05. The fourth-order valence-corrected chi connectivity index (χ4v) is 3.15. The van der Waals surface area contributed by atoms with Crippen molar-refractivity contribution in [1.29, 1.82) is 0 Å². The number of hydrogen-bond donors (Lipinski definition) is 2. The number of hydrogen-bond acceptors (Lipinski definition) is 1. The van der Waals surface area contributed by atoms with Crippen molar-refractivity contribution in [2.24, 2.45) is 5.73 Å². The molecule has 1 aliphatic carbocycles. The van der Waals surface area contributed by atoms with Crippen LogP contribution in [0.3, 0.4) is 0 Å². The maximum absolute atomic E-state index is 11.4. The third-order valence-corrected chi connectivity index (χ3v) is 4.07. The maximum atomic E-state index is 11.4. The molecule has 0 saturated heterocycles. The Balaban J connectivity index is 2.10. The third kappa shape index (κ3) is 1.80. The Morgan fingerprint density at radius 2 is 1.94 bits per heavy atom. The summed E-state index contributed by atoms with van der Waals surface area (Å²) in [7, 11) is 0. The van der Waals surface area contributed by atoms with Crippen LogP contribution in [0.5, 0.6) is 0 Å². The molecule has 0 bridgehead atoms. The zero-order valence-corrected chi connectivity index (χ0v) is 10.4. The molecule has 1 aromatic carbocycles. The largest absolute Gasteiger partial charge is 0.366 e. The van der Waals surface area contributed by atoms with Crippen molar-refractivity contribution in [3.63, 3.8) is 0 Å². The van der Waals surface area contributed by atoms with Gasteiger partial charge in [0.15, 0.2) is 0 Å². The summed E-state index contributed by atoms with van der Waals surface area (Å²) in [6, 6.07) is 6.02. The highest BCUT2D eigenvalue weighted by Gasteiger charge is 2.19. The van der Waals surface area contributed by atoms with Gasteiger partial charge in [0.2, 0.25) is 0 Å². The molecule has 0 spiro atoms. The molecule has 3 nitrogen and oxygen atoms in total. The highest BCUT2D eigenvalue weighted by atomic mass is 16.1. The molecule has 1 heterocycles. The average molecular weight is 242 g/mol. The number of aromatic nitrogens is 1. The molecule has 3 N–H and O–H groups in total. The van der Waals surface area contributed by atoms with E-state index in [-0.39, 0.29) is 5.91 Å². The summed E-state index contributed by atoms with van der Waals surface area (Å²) in [4.78, 5) is 14.6. The minimum atomic E-state index is -0.363. The number of carbonyl (C=O) groups is 1. The number of fused-ring (bicyclic) bond motifs is 1. The molecule has 3 heteroatoms. The van der Waals surface area contributed by atoms with Crippen LogP contribution >= 0.6 is 0 Å². The Morgan fingerprint density at radius 1 is 1.17 bits per heavy atom. The van der Waals surface area contributed by atoms with E-state index in [1.165, 1.54) is 43.1 Å². The molecule has 1 fully saturated rings. The van der Waals surface area contributed by atoms with E-state index >= 15 is 0 Å². The van der Waals surface area contributed by atoms with Crippen LogP contribution in [0.2, 0.25) is 0 Å². The van der Waals surface area contributed by atoms with Crippen molar-refractivity contribution < 1.29 is 4.79 Å². The van der Waals surface area contributed by atoms with Crippen LogP contribution in [0.15, 0.2) is 24.4 Å². The second kappa shape index (κ2) is 4.48. The van der Waals surface area contributed by atoms with E-state index in [4.69, 9.17) is 5.73 Å². The van der Waals surface area contributed by atoms with Crippen molar-refractivity contribution in [2.75, 3.05) is 0 Å². The first-order chi connectivity index (χ1) is 8.77. The maximum Gasteiger partial charge on any atom is 0.250 e. The SMILES string of the molecule is NC(=O)c1ccc(C2CCCCC2)c2cc[nH]c12. The third-order valence-electron chi connectivity index (χ3n) is 4.07. The number of nitrogens with one attached hydrogen (secondary N) is 1. The van der Waals surface area contributed by atoms with E-state index in [1.807, 2.05) is 12.3 Å². The zero-order chi connectivity index (χ0) is 12.5. The van der Waals surface area contributed by atoms with Crippen molar-refractivity contribution in [3.05, 3.63) is 35.5 Å². The van der Waals surface area contributed by atoms with Gasteiger partial charge in [-0.15, -0.1) is 0 Å². The zero-order valence-electron chi connectivity index (χ0n) is 10.4. The Morgan fingerprint density at radius 3 is 2.67 bits per heavy atom. The monoisotopic (exact) mass is 242 g/mol. The number of aromatic amines is 1. The summed E-state index contributed by atoms with van der Waals surface area (Å²) in [5.74, 6) is 0.275. The fourth-order valence-electron chi connectivity index (χ4n) is 3.15. The molecule has 94 valence electrons. The standard InChI is InChI=1S/C15H18N2O/c16-15(18)13-7-6-11(10-4-2-1-3-5-10)12-8-9-17-14(12)13/h6-10,17H,1-5H2,(H2,16,18). The van der Waals surface area contributed by atoms with E-state index < -0.39 is 0 Å². The lowest BCUT2D eigenvalue weighted by Crippen LogP contribution is -2.12. The van der Waals surface area contributed by atoms with E-state index in [0.717, 1.165) is 5.52 Å².